The first-order valence-corrected chi connectivity index (χ1v) is 7.44. The van der Waals surface area contributed by atoms with Gasteiger partial charge in [0.15, 0.2) is 5.69 Å². The summed E-state index contributed by atoms with van der Waals surface area (Å²) in [5.74, 6) is 0.420. The van der Waals surface area contributed by atoms with Crippen molar-refractivity contribution >= 4 is 11.5 Å². The number of carbonyl (C=O) groups is 1. The molecule has 6 nitrogen and oxygen atoms in total. The highest BCUT2D eigenvalue weighted by Crippen LogP contribution is 2.23. The summed E-state index contributed by atoms with van der Waals surface area (Å²) in [6, 6.07) is 3.37. The summed E-state index contributed by atoms with van der Waals surface area (Å²) in [6.07, 6.45) is 6.66. The molecule has 23 heavy (non-hydrogen) atoms. The van der Waals surface area contributed by atoms with Crippen molar-refractivity contribution in [1.29, 1.82) is 5.26 Å². The Kier molecular flexibility index (Phi) is 4.80. The van der Waals surface area contributed by atoms with E-state index in [1.165, 1.54) is 0 Å². The van der Waals surface area contributed by atoms with Crippen LogP contribution in [0.2, 0.25) is 0 Å². The molecule has 0 radical (unpaired) electrons. The molecule has 120 valence electrons. The Morgan fingerprint density at radius 3 is 2.83 bits per heavy atom. The largest absolute Gasteiger partial charge is 0.360 e. The number of ketones is 1. The Morgan fingerprint density at radius 1 is 1.52 bits per heavy atom. The summed E-state index contributed by atoms with van der Waals surface area (Å²) in [5, 5.41) is 16.8. The summed E-state index contributed by atoms with van der Waals surface area (Å²) in [4.78, 5) is 12.3. The van der Waals surface area contributed by atoms with Crippen LogP contribution in [0.5, 0.6) is 0 Å². The van der Waals surface area contributed by atoms with Crippen molar-refractivity contribution in [3.8, 4) is 6.07 Å². The van der Waals surface area contributed by atoms with Crippen molar-refractivity contribution in [3.63, 3.8) is 0 Å². The molecule has 1 N–H and O–H groups in total. The lowest BCUT2D eigenvalue weighted by Gasteiger charge is -2.13. The number of rotatable bonds is 4. The second-order valence-electron chi connectivity index (χ2n) is 6.60. The molecule has 0 amide bonds. The van der Waals surface area contributed by atoms with Crippen LogP contribution in [0, 0.1) is 17.2 Å². The maximum Gasteiger partial charge on any atom is 0.245 e. The van der Waals surface area contributed by atoms with Crippen molar-refractivity contribution < 1.29 is 9.32 Å². The molecule has 0 saturated carbocycles. The minimum absolute atomic E-state index is 0.0860. The first kappa shape index (κ1) is 16.7. The van der Waals surface area contributed by atoms with Gasteiger partial charge in [-0.2, -0.15) is 10.4 Å². The van der Waals surface area contributed by atoms with Gasteiger partial charge in [-0.15, -0.1) is 0 Å². The van der Waals surface area contributed by atoms with E-state index in [1.54, 1.807) is 6.07 Å². The maximum absolute atomic E-state index is 12.3. The van der Waals surface area contributed by atoms with E-state index in [1.807, 2.05) is 39.0 Å². The predicted molar refractivity (Wildman–Crippen MR) is 86.7 cm³/mol. The van der Waals surface area contributed by atoms with E-state index in [9.17, 15) is 10.1 Å². The average Bonchev–Trinajstić information content (AvgIpc) is 2.97. The van der Waals surface area contributed by atoms with E-state index in [4.69, 9.17) is 4.52 Å². The lowest BCUT2D eigenvalue weighted by Crippen LogP contribution is -2.19. The van der Waals surface area contributed by atoms with Gasteiger partial charge in [-0.05, 0) is 18.4 Å². The number of nitrogens with one attached hydrogen (secondary N) is 1. The number of hydrogen-bond acceptors (Lipinski definition) is 6. The first-order chi connectivity index (χ1) is 10.8. The Morgan fingerprint density at radius 2 is 2.26 bits per heavy atom. The van der Waals surface area contributed by atoms with Crippen molar-refractivity contribution in [2.45, 2.75) is 39.5 Å². The van der Waals surface area contributed by atoms with Gasteiger partial charge in [0.25, 0.3) is 0 Å². The summed E-state index contributed by atoms with van der Waals surface area (Å²) in [6.45, 7) is 7.93. The molecule has 0 aromatic carbocycles. The fourth-order valence-corrected chi connectivity index (χ4v) is 2.04. The van der Waals surface area contributed by atoms with E-state index in [-0.39, 0.29) is 16.8 Å². The van der Waals surface area contributed by atoms with Gasteiger partial charge in [-0.3, -0.25) is 10.2 Å². The van der Waals surface area contributed by atoms with Gasteiger partial charge in [-0.25, -0.2) is 0 Å². The Bertz CT molecular complexity index is 727. The van der Waals surface area contributed by atoms with Crippen LogP contribution >= 0.6 is 0 Å². The van der Waals surface area contributed by atoms with Crippen molar-refractivity contribution in [2.24, 2.45) is 11.0 Å². The molecule has 1 aromatic heterocycles. The third-order valence-electron chi connectivity index (χ3n) is 3.39. The van der Waals surface area contributed by atoms with Crippen LogP contribution in [-0.2, 0) is 5.41 Å². The molecule has 1 unspecified atom stereocenters. The smallest absolute Gasteiger partial charge is 0.245 e. The molecule has 1 aliphatic carbocycles. The van der Waals surface area contributed by atoms with Crippen molar-refractivity contribution in [2.75, 3.05) is 0 Å². The van der Waals surface area contributed by atoms with Crippen LogP contribution in [0.4, 0.5) is 0 Å². The molecule has 1 aliphatic rings. The number of nitrogens with zero attached hydrogens (tertiary/aromatic N) is 3. The third kappa shape index (κ3) is 4.16. The Balaban J connectivity index is 2.14. The SMILES string of the molecule is CC1C=CC=C(N/N=C(\C#N)C(=O)c2cc(C(C)(C)C)on2)C1. The second kappa shape index (κ2) is 6.61. The van der Waals surface area contributed by atoms with E-state index in [2.05, 4.69) is 28.7 Å². The predicted octanol–water partition coefficient (Wildman–Crippen LogP) is 3.10. The molecule has 1 aromatic rings. The summed E-state index contributed by atoms with van der Waals surface area (Å²) < 4.78 is 5.18. The van der Waals surface area contributed by atoms with Crippen LogP contribution < -0.4 is 5.43 Å². The molecule has 1 atom stereocenters. The van der Waals surface area contributed by atoms with Crippen LogP contribution in [-0.4, -0.2) is 16.7 Å². The molecule has 0 fully saturated rings. The van der Waals surface area contributed by atoms with Gasteiger partial charge >= 0.3 is 0 Å². The van der Waals surface area contributed by atoms with Crippen LogP contribution in [0.15, 0.2) is 39.6 Å². The normalized spacial score (nSPS) is 18.3. The van der Waals surface area contributed by atoms with Gasteiger partial charge in [0.2, 0.25) is 11.5 Å². The summed E-state index contributed by atoms with van der Waals surface area (Å²) >= 11 is 0. The molecule has 1 heterocycles. The first-order valence-electron chi connectivity index (χ1n) is 7.44. The monoisotopic (exact) mass is 312 g/mol. The molecule has 2 rings (SSSR count). The summed E-state index contributed by atoms with van der Waals surface area (Å²) in [7, 11) is 0. The molecule has 6 heteroatoms. The fraction of sp³-hybridized carbons (Fsp3) is 0.412. The molecule has 0 spiro atoms. The van der Waals surface area contributed by atoms with Gasteiger partial charge in [-0.1, -0.05) is 45.0 Å². The zero-order valence-corrected chi connectivity index (χ0v) is 13.8. The van der Waals surface area contributed by atoms with Crippen LogP contribution in [0.25, 0.3) is 0 Å². The molecule has 0 saturated heterocycles. The highest BCUT2D eigenvalue weighted by molar-refractivity contribution is 6.50. The lowest BCUT2D eigenvalue weighted by atomic mass is 9.93. The third-order valence-corrected chi connectivity index (χ3v) is 3.39. The number of hydrazone groups is 1. The topological polar surface area (TPSA) is 91.3 Å². The van der Waals surface area contributed by atoms with Crippen LogP contribution in [0.3, 0.4) is 0 Å². The number of allylic oxidation sites excluding steroid dienone is 4. The Hall–Kier alpha value is -2.68. The minimum atomic E-state index is -0.556. The number of nitriles is 1. The van der Waals surface area contributed by atoms with E-state index in [0.717, 1.165) is 12.1 Å². The number of carbonyl (C=O) groups excluding carboxylic acids is 1. The quantitative estimate of drug-likeness (QED) is 0.524. The zero-order chi connectivity index (χ0) is 17.0. The van der Waals surface area contributed by atoms with E-state index >= 15 is 0 Å². The molecule has 0 bridgehead atoms. The van der Waals surface area contributed by atoms with Gasteiger partial charge < -0.3 is 4.52 Å². The standard InChI is InChI=1S/C17H20N4O2/c1-11-6-5-7-12(8-11)19-20-14(10-18)16(22)13-9-15(23-21-13)17(2,3)4/h5-7,9,11,19H,8H2,1-4H3/b20-14+. The Labute approximate surface area is 135 Å². The van der Waals surface area contributed by atoms with E-state index in [0.29, 0.717) is 11.7 Å². The van der Waals surface area contributed by atoms with E-state index < -0.39 is 5.78 Å². The van der Waals surface area contributed by atoms with Crippen molar-refractivity contribution in [1.82, 2.24) is 10.6 Å². The molecule has 0 aliphatic heterocycles. The highest BCUT2D eigenvalue weighted by Gasteiger charge is 2.24. The second-order valence-corrected chi connectivity index (χ2v) is 6.60. The van der Waals surface area contributed by atoms with Crippen molar-refractivity contribution in [3.05, 3.63) is 41.4 Å². The minimum Gasteiger partial charge on any atom is -0.360 e. The molecular formula is C17H20N4O2. The maximum atomic E-state index is 12.3. The van der Waals surface area contributed by atoms with Gasteiger partial charge in [0.05, 0.1) is 0 Å². The zero-order valence-electron chi connectivity index (χ0n) is 13.8. The lowest BCUT2D eigenvalue weighted by molar-refractivity contribution is 0.105. The van der Waals surface area contributed by atoms with Crippen LogP contribution in [0.1, 0.15) is 50.4 Å². The highest BCUT2D eigenvalue weighted by atomic mass is 16.5. The van der Waals surface area contributed by atoms with Gasteiger partial charge in [0.1, 0.15) is 11.8 Å². The number of hydrogen-bond donors (Lipinski definition) is 1. The number of Topliss-reactive ketones (excluding diaryl/α,β-unsaturated/α-hetero) is 1. The van der Waals surface area contributed by atoms with Gasteiger partial charge in [0, 0.05) is 17.2 Å². The molecular weight excluding hydrogens is 292 g/mol. The fourth-order valence-electron chi connectivity index (χ4n) is 2.04. The number of aromatic nitrogens is 1. The summed E-state index contributed by atoms with van der Waals surface area (Å²) in [5.41, 5.74) is 3.22. The average molecular weight is 312 g/mol.